The van der Waals surface area contributed by atoms with Crippen LogP contribution in [0.3, 0.4) is 0 Å². The van der Waals surface area contributed by atoms with Crippen molar-refractivity contribution in [1.29, 1.82) is 0 Å². The van der Waals surface area contributed by atoms with Gasteiger partial charge in [-0.05, 0) is 23.9 Å². The Labute approximate surface area is 107 Å². The topological polar surface area (TPSA) is 26.0 Å². The lowest BCUT2D eigenvalue weighted by atomic mass is 10.0. The van der Waals surface area contributed by atoms with E-state index in [0.717, 1.165) is 27.8 Å². The van der Waals surface area contributed by atoms with Gasteiger partial charge in [0.05, 0.1) is 6.04 Å². The smallest absolute Gasteiger partial charge is 0.0665 e. The average Bonchev–Trinajstić information content (AvgIpc) is 2.38. The Balaban J connectivity index is 2.54. The summed E-state index contributed by atoms with van der Waals surface area (Å²) >= 11 is 6.15. The van der Waals surface area contributed by atoms with Crippen LogP contribution in [0.15, 0.2) is 36.4 Å². The van der Waals surface area contributed by atoms with Crippen molar-refractivity contribution < 1.29 is 0 Å². The maximum absolute atomic E-state index is 6.15. The molecule has 1 unspecified atom stereocenters. The summed E-state index contributed by atoms with van der Waals surface area (Å²) in [5.74, 6) is 6.18. The molecule has 2 aromatic carbocycles. The van der Waals surface area contributed by atoms with E-state index in [-0.39, 0.29) is 6.04 Å². The third-order valence-corrected chi connectivity index (χ3v) is 3.03. The van der Waals surface area contributed by atoms with Gasteiger partial charge in [-0.2, -0.15) is 0 Å². The Morgan fingerprint density at radius 1 is 1.18 bits per heavy atom. The number of hydrogen-bond acceptors (Lipinski definition) is 1. The van der Waals surface area contributed by atoms with Crippen molar-refractivity contribution in [3.05, 3.63) is 47.0 Å². The Hall–Kier alpha value is -1.49. The summed E-state index contributed by atoms with van der Waals surface area (Å²) in [6.45, 7) is 2.03. The van der Waals surface area contributed by atoms with E-state index < -0.39 is 0 Å². The molecule has 0 aliphatic heterocycles. The number of benzene rings is 2. The first-order valence-corrected chi connectivity index (χ1v) is 6.04. The maximum atomic E-state index is 6.15. The normalized spacial score (nSPS) is 11.9. The van der Waals surface area contributed by atoms with Gasteiger partial charge in [-0.15, -0.1) is 0 Å². The molecule has 1 nitrogen and oxygen atoms in total. The second-order valence-electron chi connectivity index (χ2n) is 3.92. The number of fused-ring (bicyclic) bond motifs is 1. The van der Waals surface area contributed by atoms with Gasteiger partial charge < -0.3 is 5.73 Å². The van der Waals surface area contributed by atoms with E-state index >= 15 is 0 Å². The van der Waals surface area contributed by atoms with Gasteiger partial charge in [0.15, 0.2) is 0 Å². The lowest BCUT2D eigenvalue weighted by Gasteiger charge is -2.03. The molecule has 2 rings (SSSR count). The Morgan fingerprint density at radius 3 is 2.59 bits per heavy atom. The molecule has 0 aliphatic carbocycles. The van der Waals surface area contributed by atoms with Gasteiger partial charge in [0.1, 0.15) is 0 Å². The first-order chi connectivity index (χ1) is 8.22. The minimum absolute atomic E-state index is 0.0653. The van der Waals surface area contributed by atoms with Crippen molar-refractivity contribution in [2.45, 2.75) is 19.4 Å². The lowest BCUT2D eigenvalue weighted by Crippen LogP contribution is -2.15. The molecule has 0 aromatic heterocycles. The van der Waals surface area contributed by atoms with Crippen LogP contribution in [-0.4, -0.2) is 6.04 Å². The van der Waals surface area contributed by atoms with Crippen LogP contribution in [-0.2, 0) is 0 Å². The summed E-state index contributed by atoms with van der Waals surface area (Å²) in [5.41, 5.74) is 6.78. The molecule has 0 fully saturated rings. The van der Waals surface area contributed by atoms with E-state index in [2.05, 4.69) is 11.8 Å². The van der Waals surface area contributed by atoms with Crippen molar-refractivity contribution >= 4 is 22.4 Å². The number of hydrogen-bond donors (Lipinski definition) is 1. The Morgan fingerprint density at radius 2 is 1.88 bits per heavy atom. The summed E-state index contributed by atoms with van der Waals surface area (Å²) in [5, 5.41) is 2.87. The summed E-state index contributed by atoms with van der Waals surface area (Å²) in [6.07, 6.45) is 0.860. The zero-order chi connectivity index (χ0) is 12.3. The van der Waals surface area contributed by atoms with Crippen molar-refractivity contribution in [1.82, 2.24) is 0 Å². The second kappa shape index (κ2) is 5.23. The molecule has 0 aliphatic rings. The number of rotatable bonds is 1. The predicted molar refractivity (Wildman–Crippen MR) is 74.1 cm³/mol. The van der Waals surface area contributed by atoms with Crippen LogP contribution >= 0.6 is 11.6 Å². The Kier molecular flexibility index (Phi) is 3.68. The summed E-state index contributed by atoms with van der Waals surface area (Å²) in [7, 11) is 0. The zero-order valence-corrected chi connectivity index (χ0v) is 10.5. The predicted octanol–water partition coefficient (Wildman–Crippen LogP) is 3.58. The molecule has 0 amide bonds. The molecular weight excluding hydrogens is 230 g/mol. The van der Waals surface area contributed by atoms with Crippen LogP contribution in [0.25, 0.3) is 10.8 Å². The van der Waals surface area contributed by atoms with Gasteiger partial charge in [0.25, 0.3) is 0 Å². The quantitative estimate of drug-likeness (QED) is 0.762. The van der Waals surface area contributed by atoms with E-state index in [1.165, 1.54) is 0 Å². The SMILES string of the molecule is CCC(N)C#Cc1ccc(Cl)c2ccccc12. The van der Waals surface area contributed by atoms with Crippen molar-refractivity contribution in [2.75, 3.05) is 0 Å². The highest BCUT2D eigenvalue weighted by atomic mass is 35.5. The standard InChI is InChI=1S/C15H14ClN/c1-2-12(17)9-7-11-8-10-15(16)14-6-4-3-5-13(11)14/h3-6,8,10,12H,2,17H2,1H3. The van der Waals surface area contributed by atoms with Gasteiger partial charge in [0, 0.05) is 16.0 Å². The summed E-state index contributed by atoms with van der Waals surface area (Å²) in [4.78, 5) is 0. The molecule has 2 heteroatoms. The third-order valence-electron chi connectivity index (χ3n) is 2.70. The Bertz CT molecular complexity index is 593. The van der Waals surface area contributed by atoms with Gasteiger partial charge in [-0.3, -0.25) is 0 Å². The molecule has 86 valence electrons. The fraction of sp³-hybridized carbons (Fsp3) is 0.200. The average molecular weight is 244 g/mol. The molecule has 2 aromatic rings. The van der Waals surface area contributed by atoms with E-state index in [1.807, 2.05) is 43.3 Å². The van der Waals surface area contributed by atoms with Crippen LogP contribution in [0.5, 0.6) is 0 Å². The van der Waals surface area contributed by atoms with Crippen LogP contribution in [0.1, 0.15) is 18.9 Å². The third kappa shape index (κ3) is 2.61. The van der Waals surface area contributed by atoms with Crippen molar-refractivity contribution in [3.8, 4) is 11.8 Å². The summed E-state index contributed by atoms with van der Waals surface area (Å²) in [6, 6.07) is 11.8. The highest BCUT2D eigenvalue weighted by Gasteiger charge is 2.01. The lowest BCUT2D eigenvalue weighted by molar-refractivity contribution is 0.806. The van der Waals surface area contributed by atoms with Gasteiger partial charge in [-0.25, -0.2) is 0 Å². The molecule has 0 saturated heterocycles. The van der Waals surface area contributed by atoms with E-state index in [9.17, 15) is 0 Å². The second-order valence-corrected chi connectivity index (χ2v) is 4.33. The van der Waals surface area contributed by atoms with E-state index in [1.54, 1.807) is 0 Å². The monoisotopic (exact) mass is 243 g/mol. The number of nitrogens with two attached hydrogens (primary N) is 1. The highest BCUT2D eigenvalue weighted by Crippen LogP contribution is 2.25. The molecule has 1 atom stereocenters. The molecule has 0 radical (unpaired) electrons. The van der Waals surface area contributed by atoms with Crippen molar-refractivity contribution in [3.63, 3.8) is 0 Å². The van der Waals surface area contributed by atoms with E-state index in [4.69, 9.17) is 17.3 Å². The van der Waals surface area contributed by atoms with Crippen LogP contribution in [0, 0.1) is 11.8 Å². The molecular formula is C15H14ClN. The summed E-state index contributed by atoms with van der Waals surface area (Å²) < 4.78 is 0. The van der Waals surface area contributed by atoms with Gasteiger partial charge in [0.2, 0.25) is 0 Å². The molecule has 0 saturated carbocycles. The molecule has 0 spiro atoms. The van der Waals surface area contributed by atoms with Crippen LogP contribution < -0.4 is 5.73 Å². The van der Waals surface area contributed by atoms with Gasteiger partial charge in [-0.1, -0.05) is 54.6 Å². The highest BCUT2D eigenvalue weighted by molar-refractivity contribution is 6.35. The minimum Gasteiger partial charge on any atom is -0.318 e. The van der Waals surface area contributed by atoms with Crippen molar-refractivity contribution in [2.24, 2.45) is 5.73 Å². The molecule has 2 N–H and O–H groups in total. The zero-order valence-electron chi connectivity index (χ0n) is 9.70. The fourth-order valence-corrected chi connectivity index (χ4v) is 1.87. The largest absolute Gasteiger partial charge is 0.318 e. The van der Waals surface area contributed by atoms with Crippen LogP contribution in [0.2, 0.25) is 5.02 Å². The first-order valence-electron chi connectivity index (χ1n) is 5.66. The van der Waals surface area contributed by atoms with Gasteiger partial charge >= 0.3 is 0 Å². The molecule has 17 heavy (non-hydrogen) atoms. The first kappa shape index (κ1) is 12.0. The maximum Gasteiger partial charge on any atom is 0.0665 e. The van der Waals surface area contributed by atoms with Crippen LogP contribution in [0.4, 0.5) is 0 Å². The fourth-order valence-electron chi connectivity index (χ4n) is 1.64. The minimum atomic E-state index is -0.0653. The number of halogens is 1. The molecule has 0 heterocycles. The molecule has 0 bridgehead atoms. The van der Waals surface area contributed by atoms with E-state index in [0.29, 0.717) is 0 Å².